The van der Waals surface area contributed by atoms with Crippen molar-refractivity contribution in [1.82, 2.24) is 15.5 Å². The number of likely N-dealkylation sites (N-methyl/N-ethyl adjacent to an activating group) is 1. The molecule has 0 aromatic rings. The van der Waals surface area contributed by atoms with E-state index in [2.05, 4.69) is 22.6 Å². The van der Waals surface area contributed by atoms with Crippen molar-refractivity contribution < 1.29 is 0 Å². The second kappa shape index (κ2) is 5.83. The molecule has 88 valence electrons. The van der Waals surface area contributed by atoms with E-state index in [1.54, 1.807) is 0 Å². The highest BCUT2D eigenvalue weighted by molar-refractivity contribution is 4.78. The first-order valence-electron chi connectivity index (χ1n) is 6.47. The van der Waals surface area contributed by atoms with Crippen LogP contribution in [0.1, 0.15) is 25.7 Å². The van der Waals surface area contributed by atoms with Gasteiger partial charge < -0.3 is 15.5 Å². The van der Waals surface area contributed by atoms with Gasteiger partial charge in [-0.2, -0.15) is 0 Å². The SMILES string of the molecule is CN1CCCC(NCCC2CCNC2)C1. The highest BCUT2D eigenvalue weighted by Gasteiger charge is 2.18. The minimum absolute atomic E-state index is 0.748. The first-order chi connectivity index (χ1) is 7.34. The Morgan fingerprint density at radius 2 is 2.33 bits per heavy atom. The van der Waals surface area contributed by atoms with Gasteiger partial charge in [0.2, 0.25) is 0 Å². The highest BCUT2D eigenvalue weighted by Crippen LogP contribution is 2.12. The number of rotatable bonds is 4. The summed E-state index contributed by atoms with van der Waals surface area (Å²) >= 11 is 0. The summed E-state index contributed by atoms with van der Waals surface area (Å²) < 4.78 is 0. The average Bonchev–Trinajstić information content (AvgIpc) is 2.71. The summed E-state index contributed by atoms with van der Waals surface area (Å²) in [5.74, 6) is 0.929. The zero-order valence-corrected chi connectivity index (χ0v) is 9.97. The van der Waals surface area contributed by atoms with Gasteiger partial charge >= 0.3 is 0 Å². The van der Waals surface area contributed by atoms with Crippen molar-refractivity contribution in [1.29, 1.82) is 0 Å². The predicted octanol–water partition coefficient (Wildman–Crippen LogP) is 0.670. The van der Waals surface area contributed by atoms with Gasteiger partial charge in [-0.15, -0.1) is 0 Å². The van der Waals surface area contributed by atoms with Gasteiger partial charge in [-0.25, -0.2) is 0 Å². The van der Waals surface area contributed by atoms with Crippen molar-refractivity contribution >= 4 is 0 Å². The molecule has 0 amide bonds. The first kappa shape index (κ1) is 11.4. The smallest absolute Gasteiger partial charge is 0.0195 e. The van der Waals surface area contributed by atoms with E-state index in [9.17, 15) is 0 Å². The monoisotopic (exact) mass is 211 g/mol. The lowest BCUT2D eigenvalue weighted by Crippen LogP contribution is -2.44. The zero-order valence-electron chi connectivity index (χ0n) is 9.97. The molecular formula is C12H25N3. The van der Waals surface area contributed by atoms with Crippen molar-refractivity contribution in [2.75, 3.05) is 39.8 Å². The fraction of sp³-hybridized carbons (Fsp3) is 1.00. The minimum atomic E-state index is 0.748. The van der Waals surface area contributed by atoms with Gasteiger partial charge in [0.25, 0.3) is 0 Å². The van der Waals surface area contributed by atoms with Crippen molar-refractivity contribution in [3.63, 3.8) is 0 Å². The molecule has 0 bridgehead atoms. The molecule has 2 rings (SSSR count). The summed E-state index contributed by atoms with van der Waals surface area (Å²) in [4.78, 5) is 2.44. The van der Waals surface area contributed by atoms with E-state index in [-0.39, 0.29) is 0 Å². The average molecular weight is 211 g/mol. The van der Waals surface area contributed by atoms with Gasteiger partial charge in [-0.05, 0) is 64.8 Å². The van der Waals surface area contributed by atoms with Crippen LogP contribution < -0.4 is 10.6 Å². The normalized spacial score (nSPS) is 33.4. The van der Waals surface area contributed by atoms with Crippen LogP contribution >= 0.6 is 0 Å². The molecule has 0 aliphatic carbocycles. The number of hydrogen-bond acceptors (Lipinski definition) is 3. The molecule has 0 spiro atoms. The zero-order chi connectivity index (χ0) is 10.5. The second-order valence-electron chi connectivity index (χ2n) is 5.20. The Labute approximate surface area is 93.6 Å². The van der Waals surface area contributed by atoms with Crippen LogP contribution in [0.2, 0.25) is 0 Å². The number of hydrogen-bond donors (Lipinski definition) is 2. The van der Waals surface area contributed by atoms with E-state index in [1.807, 2.05) is 0 Å². The van der Waals surface area contributed by atoms with Crippen LogP contribution in [-0.2, 0) is 0 Å². The molecule has 2 unspecified atom stereocenters. The maximum atomic E-state index is 3.71. The summed E-state index contributed by atoms with van der Waals surface area (Å²) in [6, 6.07) is 0.748. The molecule has 2 atom stereocenters. The summed E-state index contributed by atoms with van der Waals surface area (Å²) in [6.45, 7) is 6.21. The Kier molecular flexibility index (Phi) is 4.42. The molecule has 2 aliphatic rings. The van der Waals surface area contributed by atoms with E-state index in [0.29, 0.717) is 0 Å². The van der Waals surface area contributed by atoms with Crippen LogP contribution in [0.5, 0.6) is 0 Å². The second-order valence-corrected chi connectivity index (χ2v) is 5.20. The van der Waals surface area contributed by atoms with Gasteiger partial charge in [-0.3, -0.25) is 0 Å². The van der Waals surface area contributed by atoms with Gasteiger partial charge in [-0.1, -0.05) is 0 Å². The van der Waals surface area contributed by atoms with Crippen molar-refractivity contribution in [2.24, 2.45) is 5.92 Å². The molecule has 2 fully saturated rings. The van der Waals surface area contributed by atoms with Crippen LogP contribution in [0.3, 0.4) is 0 Å². The van der Waals surface area contributed by atoms with Crippen LogP contribution in [0, 0.1) is 5.92 Å². The molecule has 2 saturated heterocycles. The molecule has 0 saturated carbocycles. The van der Waals surface area contributed by atoms with E-state index >= 15 is 0 Å². The molecule has 3 heteroatoms. The molecule has 3 nitrogen and oxygen atoms in total. The maximum Gasteiger partial charge on any atom is 0.0195 e. The molecule has 2 heterocycles. The van der Waals surface area contributed by atoms with Crippen molar-refractivity contribution in [3.8, 4) is 0 Å². The van der Waals surface area contributed by atoms with Crippen LogP contribution in [0.25, 0.3) is 0 Å². The lowest BCUT2D eigenvalue weighted by Gasteiger charge is -2.30. The number of nitrogens with zero attached hydrogens (tertiary/aromatic N) is 1. The van der Waals surface area contributed by atoms with Crippen LogP contribution in [-0.4, -0.2) is 50.7 Å². The summed E-state index contributed by atoms with van der Waals surface area (Å²) in [5, 5.41) is 7.14. The van der Waals surface area contributed by atoms with E-state index in [1.165, 1.54) is 58.4 Å². The fourth-order valence-corrected chi connectivity index (χ4v) is 2.79. The fourth-order valence-electron chi connectivity index (χ4n) is 2.79. The van der Waals surface area contributed by atoms with Crippen molar-refractivity contribution in [3.05, 3.63) is 0 Å². The molecule has 0 aromatic carbocycles. The Hall–Kier alpha value is -0.120. The van der Waals surface area contributed by atoms with Crippen LogP contribution in [0.15, 0.2) is 0 Å². The topological polar surface area (TPSA) is 27.3 Å². The Bertz CT molecular complexity index is 178. The number of piperidine rings is 1. The Morgan fingerprint density at radius 1 is 1.40 bits per heavy atom. The van der Waals surface area contributed by atoms with Gasteiger partial charge in [0, 0.05) is 12.6 Å². The summed E-state index contributed by atoms with van der Waals surface area (Å²) in [7, 11) is 2.23. The van der Waals surface area contributed by atoms with Crippen molar-refractivity contribution in [2.45, 2.75) is 31.7 Å². The minimum Gasteiger partial charge on any atom is -0.316 e. The lowest BCUT2D eigenvalue weighted by molar-refractivity contribution is 0.225. The van der Waals surface area contributed by atoms with Gasteiger partial charge in [0.1, 0.15) is 0 Å². The van der Waals surface area contributed by atoms with E-state index in [4.69, 9.17) is 0 Å². The molecule has 0 radical (unpaired) electrons. The largest absolute Gasteiger partial charge is 0.316 e. The maximum absolute atomic E-state index is 3.71. The van der Waals surface area contributed by atoms with Gasteiger partial charge in [0.15, 0.2) is 0 Å². The molecular weight excluding hydrogens is 186 g/mol. The first-order valence-corrected chi connectivity index (χ1v) is 6.47. The molecule has 2 N–H and O–H groups in total. The third kappa shape index (κ3) is 3.74. The van der Waals surface area contributed by atoms with E-state index in [0.717, 1.165) is 12.0 Å². The highest BCUT2D eigenvalue weighted by atomic mass is 15.1. The Morgan fingerprint density at radius 3 is 3.07 bits per heavy atom. The third-order valence-corrected chi connectivity index (χ3v) is 3.77. The summed E-state index contributed by atoms with van der Waals surface area (Å²) in [5.41, 5.74) is 0. The summed E-state index contributed by atoms with van der Waals surface area (Å²) in [6.07, 6.45) is 5.46. The molecule has 15 heavy (non-hydrogen) atoms. The lowest BCUT2D eigenvalue weighted by atomic mass is 10.0. The number of likely N-dealkylation sites (tertiary alicyclic amines) is 1. The standard InChI is InChI=1S/C12H25N3/c1-15-8-2-3-12(10-15)14-7-5-11-4-6-13-9-11/h11-14H,2-10H2,1H3. The quantitative estimate of drug-likeness (QED) is 0.716. The number of nitrogens with one attached hydrogen (secondary N) is 2. The Balaban J connectivity index is 1.56. The molecule has 0 aromatic heterocycles. The predicted molar refractivity (Wildman–Crippen MR) is 64.1 cm³/mol. The molecule has 2 aliphatic heterocycles. The third-order valence-electron chi connectivity index (χ3n) is 3.77. The van der Waals surface area contributed by atoms with Crippen LogP contribution in [0.4, 0.5) is 0 Å². The van der Waals surface area contributed by atoms with Gasteiger partial charge in [0.05, 0.1) is 0 Å². The van der Waals surface area contributed by atoms with E-state index < -0.39 is 0 Å².